The zero-order valence-electron chi connectivity index (χ0n) is 16.2. The highest BCUT2D eigenvalue weighted by atomic mass is 19.1. The molecule has 8 nitrogen and oxygen atoms in total. The summed E-state index contributed by atoms with van der Waals surface area (Å²) in [5.41, 5.74) is 0.767. The summed E-state index contributed by atoms with van der Waals surface area (Å²) in [6.45, 7) is -0.829. The number of nitro benzene ring substituents is 1. The highest BCUT2D eigenvalue weighted by molar-refractivity contribution is 5.93. The molecule has 0 saturated carbocycles. The molecule has 0 heterocycles. The topological polar surface area (TPSA) is 102 Å². The lowest BCUT2D eigenvalue weighted by Crippen LogP contribution is -2.29. The number of halogens is 1. The van der Waals surface area contributed by atoms with Gasteiger partial charge in [0.25, 0.3) is 11.6 Å². The second-order valence-corrected chi connectivity index (χ2v) is 6.39. The van der Waals surface area contributed by atoms with Crippen molar-refractivity contribution in [2.45, 2.75) is 0 Å². The number of benzene rings is 3. The molecule has 0 unspecified atom stereocenters. The predicted octanol–water partition coefficient (Wildman–Crippen LogP) is 4.05. The van der Waals surface area contributed by atoms with Crippen molar-refractivity contribution in [3.63, 3.8) is 0 Å². The van der Waals surface area contributed by atoms with Crippen LogP contribution < -0.4 is 10.2 Å². The van der Waals surface area contributed by atoms with E-state index in [1.54, 1.807) is 4.90 Å². The molecule has 1 amide bonds. The number of carbonyl (C=O) groups excluding carboxylic acids is 2. The quantitative estimate of drug-likeness (QED) is 0.333. The second kappa shape index (κ2) is 9.97. The standard InChI is InChI=1S/C22H18FN3O5/c23-19-12-11-18(26(29)30)13-20(19)24-21(27)15-31-22(28)14-25(16-7-3-1-4-8-16)17-9-5-2-6-10-17/h1-13H,14-15H2,(H,24,27). The third-order valence-electron chi connectivity index (χ3n) is 4.22. The van der Waals surface area contributed by atoms with Gasteiger partial charge < -0.3 is 15.0 Å². The summed E-state index contributed by atoms with van der Waals surface area (Å²) in [5, 5.41) is 13.0. The van der Waals surface area contributed by atoms with Gasteiger partial charge in [0, 0.05) is 23.5 Å². The molecule has 0 aliphatic heterocycles. The number of rotatable bonds is 8. The smallest absolute Gasteiger partial charge is 0.326 e. The van der Waals surface area contributed by atoms with Crippen LogP contribution in [0.3, 0.4) is 0 Å². The Bertz CT molecular complexity index is 1040. The molecule has 0 saturated heterocycles. The first-order valence-corrected chi connectivity index (χ1v) is 9.21. The van der Waals surface area contributed by atoms with E-state index in [-0.39, 0.29) is 17.9 Å². The van der Waals surface area contributed by atoms with Gasteiger partial charge in [-0.25, -0.2) is 4.39 Å². The summed E-state index contributed by atoms with van der Waals surface area (Å²) < 4.78 is 18.8. The maximum atomic E-state index is 13.8. The van der Waals surface area contributed by atoms with E-state index < -0.39 is 29.2 Å². The van der Waals surface area contributed by atoms with Gasteiger partial charge in [-0.05, 0) is 30.3 Å². The molecule has 0 fully saturated rings. The summed E-state index contributed by atoms with van der Waals surface area (Å²) in [6, 6.07) is 21.1. The SMILES string of the molecule is O=C(COC(=O)CN(c1ccccc1)c1ccccc1)Nc1cc([N+](=O)[O-])ccc1F. The summed E-state index contributed by atoms with van der Waals surface area (Å²) >= 11 is 0. The van der Waals surface area contributed by atoms with Gasteiger partial charge in [0.1, 0.15) is 12.4 Å². The molecule has 31 heavy (non-hydrogen) atoms. The number of nitrogens with one attached hydrogen (secondary N) is 1. The Labute approximate surface area is 177 Å². The molecule has 1 N–H and O–H groups in total. The van der Waals surface area contributed by atoms with Gasteiger partial charge in [-0.15, -0.1) is 0 Å². The summed E-state index contributed by atoms with van der Waals surface area (Å²) in [5.74, 6) is -2.34. The second-order valence-electron chi connectivity index (χ2n) is 6.39. The molecule has 0 aliphatic rings. The van der Waals surface area contributed by atoms with E-state index >= 15 is 0 Å². The molecule has 0 spiro atoms. The molecule has 158 valence electrons. The Kier molecular flexibility index (Phi) is 6.89. The minimum Gasteiger partial charge on any atom is -0.454 e. The maximum Gasteiger partial charge on any atom is 0.326 e. The third-order valence-corrected chi connectivity index (χ3v) is 4.22. The molecule has 9 heteroatoms. The molecule has 3 aromatic rings. The van der Waals surface area contributed by atoms with Crippen molar-refractivity contribution in [1.82, 2.24) is 0 Å². The van der Waals surface area contributed by atoms with Gasteiger partial charge in [-0.1, -0.05) is 36.4 Å². The van der Waals surface area contributed by atoms with Crippen molar-refractivity contribution < 1.29 is 23.6 Å². The predicted molar refractivity (Wildman–Crippen MR) is 113 cm³/mol. The number of carbonyl (C=O) groups is 2. The maximum absolute atomic E-state index is 13.8. The minimum atomic E-state index is -0.843. The highest BCUT2D eigenvalue weighted by Crippen LogP contribution is 2.24. The number of para-hydroxylation sites is 2. The van der Waals surface area contributed by atoms with E-state index in [1.807, 2.05) is 60.7 Å². The van der Waals surface area contributed by atoms with Crippen LogP contribution in [0.1, 0.15) is 0 Å². The van der Waals surface area contributed by atoms with Crippen LogP contribution in [0, 0.1) is 15.9 Å². The number of nitrogens with zero attached hydrogens (tertiary/aromatic N) is 2. The monoisotopic (exact) mass is 423 g/mol. The average molecular weight is 423 g/mol. The number of hydrogen-bond acceptors (Lipinski definition) is 6. The lowest BCUT2D eigenvalue weighted by molar-refractivity contribution is -0.384. The number of non-ortho nitro benzene ring substituents is 1. The lowest BCUT2D eigenvalue weighted by atomic mass is 10.2. The van der Waals surface area contributed by atoms with Crippen LogP contribution >= 0.6 is 0 Å². The third kappa shape index (κ3) is 5.86. The molecule has 3 rings (SSSR count). The molecule has 0 aromatic heterocycles. The van der Waals surface area contributed by atoms with E-state index in [0.29, 0.717) is 0 Å². The Hall–Kier alpha value is -4.27. The Morgan fingerprint density at radius 2 is 1.55 bits per heavy atom. The fourth-order valence-corrected chi connectivity index (χ4v) is 2.78. The van der Waals surface area contributed by atoms with Crippen molar-refractivity contribution in [2.24, 2.45) is 0 Å². The van der Waals surface area contributed by atoms with Crippen molar-refractivity contribution in [1.29, 1.82) is 0 Å². The van der Waals surface area contributed by atoms with E-state index in [2.05, 4.69) is 5.32 Å². The van der Waals surface area contributed by atoms with Gasteiger partial charge >= 0.3 is 5.97 Å². The van der Waals surface area contributed by atoms with Gasteiger partial charge in [-0.3, -0.25) is 19.7 Å². The van der Waals surface area contributed by atoms with Crippen LogP contribution in [0.15, 0.2) is 78.9 Å². The zero-order valence-corrected chi connectivity index (χ0v) is 16.2. The summed E-state index contributed by atoms with van der Waals surface area (Å²) in [4.78, 5) is 36.2. The molecule has 0 bridgehead atoms. The molecule has 0 aliphatic carbocycles. The van der Waals surface area contributed by atoms with Crippen LogP contribution in [0.2, 0.25) is 0 Å². The fourth-order valence-electron chi connectivity index (χ4n) is 2.78. The van der Waals surface area contributed by atoms with Crippen molar-refractivity contribution in [3.8, 4) is 0 Å². The van der Waals surface area contributed by atoms with Crippen LogP contribution in [-0.4, -0.2) is 30.0 Å². The van der Waals surface area contributed by atoms with E-state index in [0.717, 1.165) is 29.6 Å². The number of nitro groups is 1. The molecular weight excluding hydrogens is 405 g/mol. The van der Waals surface area contributed by atoms with Gasteiger partial charge in [-0.2, -0.15) is 0 Å². The van der Waals surface area contributed by atoms with Crippen LogP contribution in [-0.2, 0) is 14.3 Å². The van der Waals surface area contributed by atoms with Crippen molar-refractivity contribution >= 4 is 34.6 Å². The van der Waals surface area contributed by atoms with E-state index in [4.69, 9.17) is 4.74 Å². The van der Waals surface area contributed by atoms with Crippen LogP contribution in [0.4, 0.5) is 27.1 Å². The van der Waals surface area contributed by atoms with Gasteiger partial charge in [0.2, 0.25) is 0 Å². The zero-order chi connectivity index (χ0) is 22.2. The number of esters is 1. The number of hydrogen-bond donors (Lipinski definition) is 1. The van der Waals surface area contributed by atoms with Crippen molar-refractivity contribution in [2.75, 3.05) is 23.4 Å². The highest BCUT2D eigenvalue weighted by Gasteiger charge is 2.17. The van der Waals surface area contributed by atoms with Gasteiger partial charge in [0.05, 0.1) is 10.6 Å². The first-order chi connectivity index (χ1) is 14.9. The first kappa shape index (κ1) is 21.4. The summed E-state index contributed by atoms with van der Waals surface area (Å²) in [7, 11) is 0. The normalized spacial score (nSPS) is 10.2. The molecular formula is C22H18FN3O5. The fraction of sp³-hybridized carbons (Fsp3) is 0.0909. The largest absolute Gasteiger partial charge is 0.454 e. The number of amides is 1. The van der Waals surface area contributed by atoms with Crippen LogP contribution in [0.25, 0.3) is 0 Å². The molecule has 3 aromatic carbocycles. The number of anilines is 3. The Morgan fingerprint density at radius 1 is 0.968 bits per heavy atom. The molecule has 0 radical (unpaired) electrons. The van der Waals surface area contributed by atoms with Gasteiger partial charge in [0.15, 0.2) is 6.61 Å². The minimum absolute atomic E-state index is 0.160. The van der Waals surface area contributed by atoms with Crippen LogP contribution in [0.5, 0.6) is 0 Å². The molecule has 0 atom stereocenters. The van der Waals surface area contributed by atoms with E-state index in [9.17, 15) is 24.1 Å². The Morgan fingerprint density at radius 3 is 2.10 bits per heavy atom. The average Bonchev–Trinajstić information content (AvgIpc) is 2.78. The lowest BCUT2D eigenvalue weighted by Gasteiger charge is -2.24. The van der Waals surface area contributed by atoms with Crippen molar-refractivity contribution in [3.05, 3.63) is 94.8 Å². The Balaban J connectivity index is 1.62. The van der Waals surface area contributed by atoms with E-state index in [1.165, 1.54) is 0 Å². The number of ether oxygens (including phenoxy) is 1. The summed E-state index contributed by atoms with van der Waals surface area (Å²) in [6.07, 6.45) is 0. The first-order valence-electron chi connectivity index (χ1n) is 9.21.